The van der Waals surface area contributed by atoms with Gasteiger partial charge in [0.2, 0.25) is 17.7 Å². The van der Waals surface area contributed by atoms with E-state index in [1.165, 1.54) is 11.8 Å². The van der Waals surface area contributed by atoms with Gasteiger partial charge in [-0.3, -0.25) is 14.4 Å². The molecule has 4 unspecified atom stereocenters. The standard InChI is InChI=1S/C22H31N5O5S3/c1-35-7-6-16(25-19(28)14(23)10-33)20(29)26-17(21(30)27-18(11-34)22(31)32)8-12-9-24-15-5-3-2-4-13(12)15/h2-5,9,14,16-18,24,33-34H,6-8,10-11,23H2,1H3,(H,25,28)(H,26,29)(H,27,30)(H,31,32). The van der Waals surface area contributed by atoms with Crippen LogP contribution in [0.3, 0.4) is 0 Å². The average Bonchev–Trinajstić information content (AvgIpc) is 3.26. The lowest BCUT2D eigenvalue weighted by Crippen LogP contribution is -2.58. The van der Waals surface area contributed by atoms with Crippen molar-refractivity contribution < 1.29 is 24.3 Å². The number of aliphatic carboxylic acids is 1. The number of rotatable bonds is 14. The maximum atomic E-state index is 13.2. The molecule has 0 aliphatic carbocycles. The number of carboxylic acids is 1. The minimum absolute atomic E-state index is 0.0971. The normalized spacial score (nSPS) is 14.5. The number of aromatic nitrogens is 1. The van der Waals surface area contributed by atoms with E-state index in [0.29, 0.717) is 12.2 Å². The molecule has 0 aliphatic heterocycles. The van der Waals surface area contributed by atoms with Crippen LogP contribution in [0.4, 0.5) is 0 Å². The fourth-order valence-corrected chi connectivity index (χ4v) is 4.21. The number of nitrogens with one attached hydrogen (secondary N) is 4. The molecular weight excluding hydrogens is 510 g/mol. The van der Waals surface area contributed by atoms with Crippen molar-refractivity contribution in [1.82, 2.24) is 20.9 Å². The number of carbonyl (C=O) groups is 4. The summed E-state index contributed by atoms with van der Waals surface area (Å²) in [4.78, 5) is 53.1. The molecule has 0 bridgehead atoms. The van der Waals surface area contributed by atoms with E-state index >= 15 is 0 Å². The fourth-order valence-electron chi connectivity index (χ4n) is 3.33. The minimum atomic E-state index is -1.24. The van der Waals surface area contributed by atoms with Crippen LogP contribution in [0.2, 0.25) is 0 Å². The Balaban J connectivity index is 2.28. The maximum Gasteiger partial charge on any atom is 0.327 e. The van der Waals surface area contributed by atoms with Crippen LogP contribution in [0.1, 0.15) is 12.0 Å². The number of aromatic amines is 1. The van der Waals surface area contributed by atoms with E-state index in [1.54, 1.807) is 6.20 Å². The molecule has 35 heavy (non-hydrogen) atoms. The van der Waals surface area contributed by atoms with Crippen LogP contribution >= 0.6 is 37.0 Å². The summed E-state index contributed by atoms with van der Waals surface area (Å²) in [7, 11) is 0. The predicted molar refractivity (Wildman–Crippen MR) is 144 cm³/mol. The first-order chi connectivity index (χ1) is 16.7. The van der Waals surface area contributed by atoms with Crippen LogP contribution < -0.4 is 21.7 Å². The van der Waals surface area contributed by atoms with Gasteiger partial charge in [0.1, 0.15) is 18.1 Å². The van der Waals surface area contributed by atoms with E-state index in [-0.39, 0.29) is 17.9 Å². The molecule has 192 valence electrons. The summed E-state index contributed by atoms with van der Waals surface area (Å²) in [5, 5.41) is 17.9. The lowest BCUT2D eigenvalue weighted by Gasteiger charge is -2.25. The number of hydrogen-bond acceptors (Lipinski definition) is 8. The van der Waals surface area contributed by atoms with Crippen molar-refractivity contribution in [3.63, 3.8) is 0 Å². The van der Waals surface area contributed by atoms with Crippen molar-refractivity contribution in [2.75, 3.05) is 23.5 Å². The van der Waals surface area contributed by atoms with Crippen molar-refractivity contribution in [2.45, 2.75) is 37.0 Å². The third kappa shape index (κ3) is 8.37. The highest BCUT2D eigenvalue weighted by Crippen LogP contribution is 2.19. The molecule has 4 atom stereocenters. The number of fused-ring (bicyclic) bond motifs is 1. The van der Waals surface area contributed by atoms with E-state index in [1.807, 2.05) is 30.5 Å². The van der Waals surface area contributed by atoms with Gasteiger partial charge in [-0.05, 0) is 30.1 Å². The first kappa shape index (κ1) is 28.9. The highest BCUT2D eigenvalue weighted by atomic mass is 32.2. The van der Waals surface area contributed by atoms with Gasteiger partial charge in [-0.15, -0.1) is 0 Å². The molecule has 2 rings (SSSR count). The third-order valence-electron chi connectivity index (χ3n) is 5.31. The number of thiol groups is 2. The van der Waals surface area contributed by atoms with E-state index in [0.717, 1.165) is 16.5 Å². The van der Waals surface area contributed by atoms with Gasteiger partial charge in [-0.25, -0.2) is 4.79 Å². The smallest absolute Gasteiger partial charge is 0.327 e. The molecule has 1 heterocycles. The van der Waals surface area contributed by atoms with E-state index in [4.69, 9.17) is 5.73 Å². The molecule has 0 saturated carbocycles. The van der Waals surface area contributed by atoms with Crippen LogP contribution in [0, 0.1) is 0 Å². The van der Waals surface area contributed by atoms with Gasteiger partial charge in [0.05, 0.1) is 6.04 Å². The number of thioether (sulfide) groups is 1. The average molecular weight is 542 g/mol. The van der Waals surface area contributed by atoms with Gasteiger partial charge >= 0.3 is 5.97 Å². The molecule has 0 spiro atoms. The third-order valence-corrected chi connectivity index (χ3v) is 6.71. The summed E-state index contributed by atoms with van der Waals surface area (Å²) in [5.74, 6) is -2.45. The Hall–Kier alpha value is -2.35. The largest absolute Gasteiger partial charge is 0.480 e. The van der Waals surface area contributed by atoms with E-state index in [2.05, 4.69) is 46.2 Å². The Morgan fingerprint density at radius 1 is 1.00 bits per heavy atom. The van der Waals surface area contributed by atoms with E-state index < -0.39 is 47.9 Å². The number of para-hydroxylation sites is 1. The van der Waals surface area contributed by atoms with Crippen LogP contribution in [-0.2, 0) is 25.6 Å². The van der Waals surface area contributed by atoms with Crippen molar-refractivity contribution in [2.24, 2.45) is 5.73 Å². The molecule has 2 aromatic rings. The summed E-state index contributed by atoms with van der Waals surface area (Å²) in [6.45, 7) is 0. The summed E-state index contributed by atoms with van der Waals surface area (Å²) >= 11 is 9.50. The lowest BCUT2D eigenvalue weighted by atomic mass is 10.0. The highest BCUT2D eigenvalue weighted by molar-refractivity contribution is 7.98. The monoisotopic (exact) mass is 541 g/mol. The van der Waals surface area contributed by atoms with Gasteiger partial charge < -0.3 is 31.8 Å². The topological polar surface area (TPSA) is 166 Å². The summed E-state index contributed by atoms with van der Waals surface area (Å²) in [6.07, 6.45) is 4.02. The summed E-state index contributed by atoms with van der Waals surface area (Å²) in [6, 6.07) is 3.34. The van der Waals surface area contributed by atoms with Gasteiger partial charge in [0, 0.05) is 35.0 Å². The van der Waals surface area contributed by atoms with Crippen LogP contribution in [-0.4, -0.2) is 81.5 Å². The van der Waals surface area contributed by atoms with Crippen LogP contribution in [0.15, 0.2) is 30.5 Å². The van der Waals surface area contributed by atoms with Gasteiger partial charge in [-0.2, -0.15) is 37.0 Å². The molecule has 3 amide bonds. The van der Waals surface area contributed by atoms with Crippen molar-refractivity contribution >= 4 is 71.6 Å². The fraction of sp³-hybridized carbons (Fsp3) is 0.455. The molecule has 1 aromatic heterocycles. The molecule has 7 N–H and O–H groups in total. The number of carbonyl (C=O) groups excluding carboxylic acids is 3. The zero-order valence-electron chi connectivity index (χ0n) is 19.2. The molecule has 0 aliphatic rings. The first-order valence-corrected chi connectivity index (χ1v) is 13.5. The van der Waals surface area contributed by atoms with Gasteiger partial charge in [0.25, 0.3) is 0 Å². The zero-order chi connectivity index (χ0) is 26.0. The molecule has 0 fully saturated rings. The van der Waals surface area contributed by atoms with Crippen molar-refractivity contribution in [3.8, 4) is 0 Å². The second kappa shape index (κ2) is 14.3. The van der Waals surface area contributed by atoms with Crippen LogP contribution in [0.25, 0.3) is 10.9 Å². The molecule has 10 nitrogen and oxygen atoms in total. The summed E-state index contributed by atoms with van der Waals surface area (Å²) in [5.41, 5.74) is 7.35. The highest BCUT2D eigenvalue weighted by Gasteiger charge is 2.30. The quantitative estimate of drug-likeness (QED) is 0.158. The maximum absolute atomic E-state index is 13.2. The number of amides is 3. The SMILES string of the molecule is CSCCC(NC(=O)C(N)CS)C(=O)NC(Cc1c[nH]c2ccccc12)C(=O)NC(CS)C(=O)O. The number of carboxylic acid groups (broad SMARTS) is 1. The second-order valence-corrected chi connectivity index (χ2v) is 9.55. The minimum Gasteiger partial charge on any atom is -0.480 e. The van der Waals surface area contributed by atoms with E-state index in [9.17, 15) is 24.3 Å². The number of benzene rings is 1. The molecule has 13 heteroatoms. The summed E-state index contributed by atoms with van der Waals surface area (Å²) < 4.78 is 0. The number of hydrogen-bond donors (Lipinski definition) is 8. The Morgan fingerprint density at radius 2 is 1.63 bits per heavy atom. The Kier molecular flexibility index (Phi) is 11.8. The molecule has 0 radical (unpaired) electrons. The van der Waals surface area contributed by atoms with Crippen molar-refractivity contribution in [1.29, 1.82) is 0 Å². The number of H-pyrrole nitrogens is 1. The Bertz CT molecular complexity index is 1030. The van der Waals surface area contributed by atoms with Gasteiger partial charge in [-0.1, -0.05) is 18.2 Å². The second-order valence-electron chi connectivity index (χ2n) is 7.84. The Morgan fingerprint density at radius 3 is 2.26 bits per heavy atom. The molecular formula is C22H31N5O5S3. The van der Waals surface area contributed by atoms with Crippen LogP contribution in [0.5, 0.6) is 0 Å². The predicted octanol–water partition coefficient (Wildman–Crippen LogP) is 0.189. The molecule has 1 aromatic carbocycles. The zero-order valence-corrected chi connectivity index (χ0v) is 21.8. The van der Waals surface area contributed by atoms with Crippen molar-refractivity contribution in [3.05, 3.63) is 36.0 Å². The number of nitrogens with two attached hydrogens (primary N) is 1. The Labute approximate surface area is 218 Å². The van der Waals surface area contributed by atoms with Gasteiger partial charge in [0.15, 0.2) is 0 Å². The molecule has 0 saturated heterocycles. The first-order valence-electron chi connectivity index (χ1n) is 10.9. The lowest BCUT2D eigenvalue weighted by molar-refractivity contribution is -0.141.